The number of para-hydroxylation sites is 1. The van der Waals surface area contributed by atoms with Gasteiger partial charge in [0.15, 0.2) is 0 Å². The molecule has 0 heterocycles. The Morgan fingerprint density at radius 3 is 2.19 bits per heavy atom. The topological polar surface area (TPSA) is 155 Å². The zero-order chi connectivity index (χ0) is 16.2. The maximum absolute atomic E-state index is 11.6. The molecule has 114 valence electrons. The first-order chi connectivity index (χ1) is 9.65. The van der Waals surface area contributed by atoms with Crippen LogP contribution in [0.4, 0.5) is 0 Å². The van der Waals surface area contributed by atoms with Gasteiger partial charge < -0.3 is 19.5 Å². The van der Waals surface area contributed by atoms with E-state index in [0.29, 0.717) is 0 Å². The van der Waals surface area contributed by atoms with Gasteiger partial charge in [0.05, 0.1) is 6.42 Å². The Balaban J connectivity index is 3.03. The smallest absolute Gasteiger partial charge is 0.357 e. The lowest BCUT2D eigenvalue weighted by atomic mass is 10.2. The Morgan fingerprint density at radius 2 is 1.71 bits per heavy atom. The van der Waals surface area contributed by atoms with Crippen LogP contribution in [0.3, 0.4) is 0 Å². The van der Waals surface area contributed by atoms with Gasteiger partial charge in [-0.15, -0.1) is 0 Å². The van der Waals surface area contributed by atoms with Crippen molar-refractivity contribution in [1.29, 1.82) is 0 Å². The summed E-state index contributed by atoms with van der Waals surface area (Å²) in [4.78, 5) is 32.8. The lowest BCUT2D eigenvalue weighted by Crippen LogP contribution is -2.35. The largest absolute Gasteiger partial charge is 0.507 e. The van der Waals surface area contributed by atoms with E-state index in [1.165, 1.54) is 12.1 Å². The molecule has 0 spiro atoms. The number of carboxylic acid groups (broad SMARTS) is 2. The summed E-state index contributed by atoms with van der Waals surface area (Å²) in [7, 11) is -5.02. The summed E-state index contributed by atoms with van der Waals surface area (Å²) in [6.45, 7) is 0. The molecule has 1 atom stereocenters. The molecule has 21 heavy (non-hydrogen) atoms. The third kappa shape index (κ3) is 4.18. The Bertz CT molecular complexity index is 677. The van der Waals surface area contributed by atoms with Crippen LogP contribution in [0.5, 0.6) is 5.75 Å². The van der Waals surface area contributed by atoms with Crippen LogP contribution >= 0.6 is 0 Å². The second kappa shape index (κ2) is 6.22. The van der Waals surface area contributed by atoms with E-state index in [4.69, 9.17) is 10.2 Å². The minimum atomic E-state index is -5.02. The van der Waals surface area contributed by atoms with Crippen molar-refractivity contribution in [3.05, 3.63) is 29.8 Å². The molecule has 0 aliphatic carbocycles. The molecule has 1 rings (SSSR count). The molecule has 3 N–H and O–H groups in total. The van der Waals surface area contributed by atoms with Crippen LogP contribution in [0, 0.1) is 0 Å². The molecular weight excluding hydrogens is 308 g/mol. The number of hydrogen-bond acceptors (Lipinski definition) is 7. The first-order valence-corrected chi connectivity index (χ1v) is 6.82. The molecular formula is C11H10O9S. The van der Waals surface area contributed by atoms with E-state index in [2.05, 4.69) is 4.18 Å². The van der Waals surface area contributed by atoms with Gasteiger partial charge in [-0.25, -0.2) is 4.79 Å². The normalized spacial score (nSPS) is 12.4. The lowest BCUT2D eigenvalue weighted by molar-refractivity contribution is -0.143. The van der Waals surface area contributed by atoms with Crippen LogP contribution in [0.1, 0.15) is 16.8 Å². The van der Waals surface area contributed by atoms with Crippen LogP contribution in [0.2, 0.25) is 0 Å². The van der Waals surface area contributed by atoms with Gasteiger partial charge in [0.1, 0.15) is 11.3 Å². The predicted octanol–water partition coefficient (Wildman–Crippen LogP) is -0.193. The highest BCUT2D eigenvalue weighted by Gasteiger charge is 2.38. The zero-order valence-electron chi connectivity index (χ0n) is 10.3. The molecule has 1 aromatic rings. The van der Waals surface area contributed by atoms with Gasteiger partial charge >= 0.3 is 28.0 Å². The highest BCUT2D eigenvalue weighted by molar-refractivity contribution is 7.88. The lowest BCUT2D eigenvalue weighted by Gasteiger charge is -2.11. The predicted molar refractivity (Wildman–Crippen MR) is 66.1 cm³/mol. The van der Waals surface area contributed by atoms with Crippen molar-refractivity contribution in [3.8, 4) is 5.75 Å². The maximum atomic E-state index is 11.6. The standard InChI is InChI=1S/C11H10O9S/c12-7-4-2-1-3-6(7)11(17)20-21(18,19)8(10(15)16)5-9(13)14/h1-4,8,12H,5H2,(H,13,14)(H,15,16). The molecule has 0 amide bonds. The van der Waals surface area contributed by atoms with Crippen LogP contribution < -0.4 is 0 Å². The van der Waals surface area contributed by atoms with E-state index in [9.17, 15) is 27.9 Å². The first-order valence-electron chi connectivity index (χ1n) is 5.35. The molecule has 0 saturated carbocycles. The zero-order valence-corrected chi connectivity index (χ0v) is 11.1. The molecule has 1 unspecified atom stereocenters. The molecule has 9 nitrogen and oxygen atoms in total. The SMILES string of the molecule is O=C(O)CC(C(=O)O)S(=O)(=O)OC(=O)c1ccccc1O. The summed E-state index contributed by atoms with van der Waals surface area (Å²) in [6, 6.07) is 4.83. The fraction of sp³-hybridized carbons (Fsp3) is 0.182. The second-order valence-electron chi connectivity index (χ2n) is 3.81. The number of rotatable bonds is 6. The summed E-state index contributed by atoms with van der Waals surface area (Å²) in [5.74, 6) is -5.74. The van der Waals surface area contributed by atoms with Crippen LogP contribution in [-0.4, -0.2) is 46.9 Å². The monoisotopic (exact) mass is 318 g/mol. The molecule has 0 aromatic heterocycles. The minimum absolute atomic E-state index is 0.500. The van der Waals surface area contributed by atoms with E-state index in [1.54, 1.807) is 0 Å². The Labute approximate surface area is 118 Å². The number of carboxylic acids is 2. The molecule has 0 bridgehead atoms. The quantitative estimate of drug-likeness (QED) is 0.605. The highest BCUT2D eigenvalue weighted by atomic mass is 32.2. The molecule has 1 aromatic carbocycles. The van der Waals surface area contributed by atoms with Crippen molar-refractivity contribution in [2.75, 3.05) is 0 Å². The summed E-state index contributed by atoms with van der Waals surface area (Å²) in [5, 5.41) is 24.1. The van der Waals surface area contributed by atoms with Gasteiger partial charge in [0.25, 0.3) is 0 Å². The summed E-state index contributed by atoms with van der Waals surface area (Å²) >= 11 is 0. The van der Waals surface area contributed by atoms with Crippen molar-refractivity contribution in [2.24, 2.45) is 0 Å². The number of hydrogen-bond donors (Lipinski definition) is 3. The van der Waals surface area contributed by atoms with E-state index in [1.807, 2.05) is 0 Å². The van der Waals surface area contributed by atoms with Gasteiger partial charge in [-0.1, -0.05) is 12.1 Å². The van der Waals surface area contributed by atoms with Gasteiger partial charge in [-0.2, -0.15) is 8.42 Å². The van der Waals surface area contributed by atoms with Gasteiger partial charge in [-0.05, 0) is 12.1 Å². The highest BCUT2D eigenvalue weighted by Crippen LogP contribution is 2.19. The minimum Gasteiger partial charge on any atom is -0.507 e. The fourth-order valence-electron chi connectivity index (χ4n) is 1.33. The Hall–Kier alpha value is -2.62. The van der Waals surface area contributed by atoms with E-state index in [-0.39, 0.29) is 0 Å². The number of phenols is 1. The van der Waals surface area contributed by atoms with Crippen molar-refractivity contribution < 1.29 is 42.3 Å². The van der Waals surface area contributed by atoms with E-state index < -0.39 is 51.0 Å². The van der Waals surface area contributed by atoms with Crippen molar-refractivity contribution in [2.45, 2.75) is 11.7 Å². The second-order valence-corrected chi connectivity index (χ2v) is 5.53. The average Bonchev–Trinajstić information content (AvgIpc) is 2.35. The number of benzene rings is 1. The number of aromatic hydroxyl groups is 1. The molecule has 0 aliphatic rings. The number of phenolic OH excluding ortho intramolecular Hbond substituents is 1. The van der Waals surface area contributed by atoms with Crippen LogP contribution in [0.15, 0.2) is 24.3 Å². The molecule has 10 heteroatoms. The van der Waals surface area contributed by atoms with Crippen LogP contribution in [0.25, 0.3) is 0 Å². The molecule has 0 aliphatic heterocycles. The summed E-state index contributed by atoms with van der Waals surface area (Å²) in [6.07, 6.45) is -1.27. The Morgan fingerprint density at radius 1 is 1.14 bits per heavy atom. The first kappa shape index (κ1) is 16.4. The fourth-order valence-corrected chi connectivity index (χ4v) is 2.34. The maximum Gasteiger partial charge on any atom is 0.357 e. The van der Waals surface area contributed by atoms with Crippen molar-refractivity contribution in [1.82, 2.24) is 0 Å². The Kier molecular flexibility index (Phi) is 4.87. The van der Waals surface area contributed by atoms with E-state index >= 15 is 0 Å². The summed E-state index contributed by atoms with van der Waals surface area (Å²) in [5.41, 5.74) is -0.500. The third-order valence-electron chi connectivity index (χ3n) is 2.30. The molecule has 0 saturated heterocycles. The van der Waals surface area contributed by atoms with Gasteiger partial charge in [0.2, 0.25) is 5.25 Å². The van der Waals surface area contributed by atoms with Gasteiger partial charge in [0, 0.05) is 0 Å². The van der Waals surface area contributed by atoms with Crippen molar-refractivity contribution >= 4 is 28.0 Å². The number of carbonyl (C=O) groups excluding carboxylic acids is 1. The average molecular weight is 318 g/mol. The van der Waals surface area contributed by atoms with Crippen LogP contribution in [-0.2, 0) is 23.9 Å². The summed E-state index contributed by atoms with van der Waals surface area (Å²) < 4.78 is 27.3. The number of aliphatic carboxylic acids is 2. The van der Waals surface area contributed by atoms with Crippen molar-refractivity contribution in [3.63, 3.8) is 0 Å². The van der Waals surface area contributed by atoms with E-state index in [0.717, 1.165) is 12.1 Å². The third-order valence-corrected chi connectivity index (χ3v) is 3.75. The van der Waals surface area contributed by atoms with Gasteiger partial charge in [-0.3, -0.25) is 9.59 Å². The molecule has 0 radical (unpaired) electrons. The molecule has 0 fully saturated rings. The number of carbonyl (C=O) groups is 3.